The molecule has 15 heavy (non-hydrogen) atoms. The van der Waals surface area contributed by atoms with E-state index in [0.717, 1.165) is 16.6 Å². The molecule has 4 heteroatoms. The van der Waals surface area contributed by atoms with E-state index < -0.39 is 6.10 Å². The van der Waals surface area contributed by atoms with Gasteiger partial charge in [0.1, 0.15) is 6.10 Å². The third kappa shape index (κ3) is 2.78. The molecule has 1 aliphatic rings. The average molecular weight is 272 g/mol. The molecule has 2 atom stereocenters. The van der Waals surface area contributed by atoms with Crippen molar-refractivity contribution in [3.05, 3.63) is 34.3 Å². The van der Waals surface area contributed by atoms with E-state index >= 15 is 0 Å². The normalized spacial score (nSPS) is 23.7. The fourth-order valence-corrected chi connectivity index (χ4v) is 2.11. The smallest absolute Gasteiger partial charge is 0.106 e. The van der Waals surface area contributed by atoms with Crippen molar-refractivity contribution in [3.8, 4) is 0 Å². The van der Waals surface area contributed by atoms with Crippen LogP contribution in [0.3, 0.4) is 0 Å². The van der Waals surface area contributed by atoms with Gasteiger partial charge in [0.2, 0.25) is 0 Å². The van der Waals surface area contributed by atoms with Crippen LogP contribution in [-0.2, 0) is 4.74 Å². The number of nitrogens with one attached hydrogen (secondary N) is 1. The van der Waals surface area contributed by atoms with Gasteiger partial charge < -0.3 is 15.2 Å². The quantitative estimate of drug-likeness (QED) is 0.856. The lowest BCUT2D eigenvalue weighted by atomic mass is 10.0. The van der Waals surface area contributed by atoms with E-state index in [4.69, 9.17) is 4.74 Å². The van der Waals surface area contributed by atoms with Gasteiger partial charge in [0.15, 0.2) is 0 Å². The highest BCUT2D eigenvalue weighted by Crippen LogP contribution is 2.22. The second-order valence-electron chi connectivity index (χ2n) is 3.61. The van der Waals surface area contributed by atoms with E-state index in [-0.39, 0.29) is 6.10 Å². The first-order valence-corrected chi connectivity index (χ1v) is 5.82. The Kier molecular flexibility index (Phi) is 3.75. The maximum atomic E-state index is 10.1. The lowest BCUT2D eigenvalue weighted by molar-refractivity contribution is -0.0536. The number of hydrogen-bond acceptors (Lipinski definition) is 3. The number of ether oxygens (including phenoxy) is 1. The van der Waals surface area contributed by atoms with Gasteiger partial charge in [-0.2, -0.15) is 0 Å². The number of hydrogen-bond donors (Lipinski definition) is 2. The molecule has 1 aromatic rings. The number of aliphatic hydroxyl groups is 1. The number of halogens is 1. The highest BCUT2D eigenvalue weighted by atomic mass is 79.9. The minimum atomic E-state index is -0.560. The molecule has 2 N–H and O–H groups in total. The standard InChI is InChI=1S/C11H14BrNO2/c12-9-3-1-2-8(6-9)11(14)10-7-13-4-5-15-10/h1-3,6,10-11,13-14H,4-5,7H2. The summed E-state index contributed by atoms with van der Waals surface area (Å²) in [5.41, 5.74) is 0.887. The Bertz CT molecular complexity index is 326. The summed E-state index contributed by atoms with van der Waals surface area (Å²) < 4.78 is 6.48. The fraction of sp³-hybridized carbons (Fsp3) is 0.455. The molecule has 1 aromatic carbocycles. The summed E-state index contributed by atoms with van der Waals surface area (Å²) in [5, 5.41) is 13.3. The molecular formula is C11H14BrNO2. The highest BCUT2D eigenvalue weighted by molar-refractivity contribution is 9.10. The zero-order valence-corrected chi connectivity index (χ0v) is 9.90. The Morgan fingerprint density at radius 1 is 1.53 bits per heavy atom. The molecule has 0 aromatic heterocycles. The van der Waals surface area contributed by atoms with E-state index in [1.54, 1.807) is 0 Å². The lowest BCUT2D eigenvalue weighted by Gasteiger charge is -2.28. The molecule has 1 saturated heterocycles. The number of aliphatic hydroxyl groups excluding tert-OH is 1. The zero-order chi connectivity index (χ0) is 10.7. The van der Waals surface area contributed by atoms with E-state index in [1.807, 2.05) is 24.3 Å². The minimum Gasteiger partial charge on any atom is -0.386 e. The number of benzene rings is 1. The van der Waals surface area contributed by atoms with Gasteiger partial charge >= 0.3 is 0 Å². The molecule has 0 spiro atoms. The van der Waals surface area contributed by atoms with Crippen molar-refractivity contribution < 1.29 is 9.84 Å². The van der Waals surface area contributed by atoms with Crippen molar-refractivity contribution in [1.29, 1.82) is 0 Å². The second kappa shape index (κ2) is 5.07. The van der Waals surface area contributed by atoms with Crippen LogP contribution in [0.1, 0.15) is 11.7 Å². The van der Waals surface area contributed by atoms with E-state index in [1.165, 1.54) is 0 Å². The van der Waals surface area contributed by atoms with Crippen molar-refractivity contribution in [3.63, 3.8) is 0 Å². The van der Waals surface area contributed by atoms with Crippen LogP contribution in [0, 0.1) is 0 Å². The molecule has 3 nitrogen and oxygen atoms in total. The largest absolute Gasteiger partial charge is 0.386 e. The van der Waals surface area contributed by atoms with Crippen LogP contribution in [0.15, 0.2) is 28.7 Å². The lowest BCUT2D eigenvalue weighted by Crippen LogP contribution is -2.41. The molecule has 0 bridgehead atoms. The van der Waals surface area contributed by atoms with Crippen LogP contribution >= 0.6 is 15.9 Å². The molecule has 1 heterocycles. The summed E-state index contributed by atoms with van der Waals surface area (Å²) in [6.07, 6.45) is -0.705. The summed E-state index contributed by atoms with van der Waals surface area (Å²) in [6.45, 7) is 2.23. The van der Waals surface area contributed by atoms with Crippen LogP contribution in [0.2, 0.25) is 0 Å². The maximum absolute atomic E-state index is 10.1. The van der Waals surface area contributed by atoms with Crippen molar-refractivity contribution in [2.75, 3.05) is 19.7 Å². The van der Waals surface area contributed by atoms with Crippen molar-refractivity contribution in [2.24, 2.45) is 0 Å². The van der Waals surface area contributed by atoms with Crippen molar-refractivity contribution in [2.45, 2.75) is 12.2 Å². The minimum absolute atomic E-state index is 0.145. The van der Waals surface area contributed by atoms with Gasteiger partial charge in [-0.25, -0.2) is 0 Å². The molecule has 2 rings (SSSR count). The van der Waals surface area contributed by atoms with Crippen molar-refractivity contribution >= 4 is 15.9 Å². The van der Waals surface area contributed by atoms with Gasteiger partial charge in [0.25, 0.3) is 0 Å². The van der Waals surface area contributed by atoms with Crippen LogP contribution in [0.5, 0.6) is 0 Å². The molecule has 0 amide bonds. The van der Waals surface area contributed by atoms with Gasteiger partial charge in [-0.1, -0.05) is 28.1 Å². The number of morpholine rings is 1. The second-order valence-corrected chi connectivity index (χ2v) is 4.53. The van der Waals surface area contributed by atoms with Gasteiger partial charge in [0.05, 0.1) is 12.7 Å². The molecule has 2 unspecified atom stereocenters. The highest BCUT2D eigenvalue weighted by Gasteiger charge is 2.23. The van der Waals surface area contributed by atoms with Gasteiger partial charge in [-0.3, -0.25) is 0 Å². The molecule has 1 fully saturated rings. The Balaban J connectivity index is 2.08. The Morgan fingerprint density at radius 3 is 3.07 bits per heavy atom. The summed E-state index contributed by atoms with van der Waals surface area (Å²) in [4.78, 5) is 0. The summed E-state index contributed by atoms with van der Waals surface area (Å²) in [6, 6.07) is 7.69. The first-order chi connectivity index (χ1) is 7.27. The molecule has 0 saturated carbocycles. The van der Waals surface area contributed by atoms with Crippen LogP contribution in [0.4, 0.5) is 0 Å². The third-order valence-corrected chi connectivity index (χ3v) is 2.99. The van der Waals surface area contributed by atoms with Gasteiger partial charge in [-0.05, 0) is 17.7 Å². The maximum Gasteiger partial charge on any atom is 0.106 e. The molecule has 1 aliphatic heterocycles. The molecule has 0 aliphatic carbocycles. The zero-order valence-electron chi connectivity index (χ0n) is 8.32. The summed E-state index contributed by atoms with van der Waals surface area (Å²) in [5.74, 6) is 0. The van der Waals surface area contributed by atoms with E-state index in [9.17, 15) is 5.11 Å². The molecule has 0 radical (unpaired) electrons. The Morgan fingerprint density at radius 2 is 2.40 bits per heavy atom. The first-order valence-electron chi connectivity index (χ1n) is 5.03. The Hall–Kier alpha value is -0.420. The topological polar surface area (TPSA) is 41.5 Å². The van der Waals surface area contributed by atoms with Crippen LogP contribution in [-0.4, -0.2) is 30.9 Å². The average Bonchev–Trinajstić information content (AvgIpc) is 2.29. The van der Waals surface area contributed by atoms with Crippen LogP contribution < -0.4 is 5.32 Å². The summed E-state index contributed by atoms with van der Waals surface area (Å²) in [7, 11) is 0. The number of rotatable bonds is 2. The van der Waals surface area contributed by atoms with E-state index in [0.29, 0.717) is 13.2 Å². The molecular weight excluding hydrogens is 258 g/mol. The monoisotopic (exact) mass is 271 g/mol. The fourth-order valence-electron chi connectivity index (χ4n) is 1.69. The predicted octanol–water partition coefficient (Wildman–Crippen LogP) is 1.47. The Labute approximate surface area is 97.6 Å². The third-order valence-electron chi connectivity index (χ3n) is 2.50. The SMILES string of the molecule is OC(c1cccc(Br)c1)C1CNCCO1. The van der Waals surface area contributed by atoms with E-state index in [2.05, 4.69) is 21.2 Å². The van der Waals surface area contributed by atoms with Crippen molar-refractivity contribution in [1.82, 2.24) is 5.32 Å². The van der Waals surface area contributed by atoms with Gasteiger partial charge in [-0.15, -0.1) is 0 Å². The first kappa shape index (κ1) is 11.1. The van der Waals surface area contributed by atoms with Crippen LogP contribution in [0.25, 0.3) is 0 Å². The van der Waals surface area contributed by atoms with Gasteiger partial charge in [0, 0.05) is 17.6 Å². The predicted molar refractivity (Wildman–Crippen MR) is 61.7 cm³/mol. The molecule has 82 valence electrons. The summed E-state index contributed by atoms with van der Waals surface area (Å²) >= 11 is 3.39.